The first-order valence-electron chi connectivity index (χ1n) is 5.57. The maximum absolute atomic E-state index is 11.3. The smallest absolute Gasteiger partial charge is 0.150 e. The van der Waals surface area contributed by atoms with Crippen LogP contribution in [0.5, 0.6) is 0 Å². The Morgan fingerprint density at radius 1 is 1.21 bits per heavy atom. The van der Waals surface area contributed by atoms with Crippen LogP contribution in [0.2, 0.25) is 0 Å². The van der Waals surface area contributed by atoms with Crippen LogP contribution in [0.1, 0.15) is 25.7 Å². The number of sulfone groups is 1. The zero-order chi connectivity index (χ0) is 10.0. The fourth-order valence-electron chi connectivity index (χ4n) is 2.65. The fourth-order valence-corrected chi connectivity index (χ4v) is 4.53. The van der Waals surface area contributed by atoms with E-state index in [1.54, 1.807) is 0 Å². The van der Waals surface area contributed by atoms with Gasteiger partial charge in [-0.2, -0.15) is 0 Å². The quantitative estimate of drug-likeness (QED) is 0.744. The van der Waals surface area contributed by atoms with Gasteiger partial charge < -0.3 is 5.32 Å². The predicted molar refractivity (Wildman–Crippen MR) is 57.0 cm³/mol. The maximum atomic E-state index is 11.3. The fraction of sp³-hybridized carbons (Fsp3) is 1.00. The van der Waals surface area contributed by atoms with Gasteiger partial charge in [-0.15, -0.1) is 0 Å². The van der Waals surface area contributed by atoms with Gasteiger partial charge in [-0.3, -0.25) is 0 Å². The van der Waals surface area contributed by atoms with E-state index in [0.717, 1.165) is 31.8 Å². The highest BCUT2D eigenvalue weighted by atomic mass is 32.2. The molecule has 0 amide bonds. The Kier molecular flexibility index (Phi) is 3.12. The predicted octanol–water partition coefficient (Wildman–Crippen LogP) is 0.811. The lowest BCUT2D eigenvalue weighted by molar-refractivity contribution is 0.315. The first kappa shape index (κ1) is 10.4. The molecule has 2 heterocycles. The van der Waals surface area contributed by atoms with Crippen molar-refractivity contribution in [1.29, 1.82) is 0 Å². The topological polar surface area (TPSA) is 46.2 Å². The summed E-state index contributed by atoms with van der Waals surface area (Å²) in [7, 11) is -2.67. The van der Waals surface area contributed by atoms with E-state index in [1.807, 2.05) is 0 Å². The molecule has 3 nitrogen and oxygen atoms in total. The average Bonchev–Trinajstić information content (AvgIpc) is 2.47. The largest absolute Gasteiger partial charge is 0.316 e. The van der Waals surface area contributed by atoms with Gasteiger partial charge in [0, 0.05) is 0 Å². The van der Waals surface area contributed by atoms with Crippen molar-refractivity contribution in [1.82, 2.24) is 5.32 Å². The van der Waals surface area contributed by atoms with Crippen molar-refractivity contribution in [2.24, 2.45) is 11.8 Å². The number of piperidine rings is 1. The molecule has 0 saturated carbocycles. The zero-order valence-electron chi connectivity index (χ0n) is 8.54. The van der Waals surface area contributed by atoms with Crippen molar-refractivity contribution < 1.29 is 8.42 Å². The molecular formula is C10H19NO2S. The molecule has 0 aromatic rings. The minimum Gasteiger partial charge on any atom is -0.316 e. The minimum absolute atomic E-state index is 0.428. The molecule has 0 aromatic carbocycles. The second kappa shape index (κ2) is 4.19. The van der Waals surface area contributed by atoms with Crippen LogP contribution >= 0.6 is 0 Å². The van der Waals surface area contributed by atoms with Crippen molar-refractivity contribution >= 4 is 9.84 Å². The Balaban J connectivity index is 1.80. The summed E-state index contributed by atoms with van der Waals surface area (Å²) in [5, 5.41) is 3.38. The molecule has 0 radical (unpaired) electrons. The molecule has 0 spiro atoms. The van der Waals surface area contributed by atoms with Gasteiger partial charge in [0.05, 0.1) is 11.5 Å². The van der Waals surface area contributed by atoms with Crippen LogP contribution in [0.4, 0.5) is 0 Å². The van der Waals surface area contributed by atoms with Crippen molar-refractivity contribution in [3.8, 4) is 0 Å². The molecule has 0 bridgehead atoms. The number of rotatable bonds is 2. The summed E-state index contributed by atoms with van der Waals surface area (Å²) in [4.78, 5) is 0. The molecule has 2 atom stereocenters. The molecule has 2 aliphatic heterocycles. The van der Waals surface area contributed by atoms with Crippen LogP contribution in [-0.4, -0.2) is 33.0 Å². The van der Waals surface area contributed by atoms with E-state index >= 15 is 0 Å². The lowest BCUT2D eigenvalue weighted by Crippen LogP contribution is -2.31. The third kappa shape index (κ3) is 2.70. The summed E-state index contributed by atoms with van der Waals surface area (Å²) in [6, 6.07) is 0. The summed E-state index contributed by atoms with van der Waals surface area (Å²) >= 11 is 0. The first-order chi connectivity index (χ1) is 6.66. The second-order valence-electron chi connectivity index (χ2n) is 4.72. The van der Waals surface area contributed by atoms with E-state index in [-0.39, 0.29) is 0 Å². The van der Waals surface area contributed by atoms with E-state index in [4.69, 9.17) is 0 Å². The average molecular weight is 217 g/mol. The van der Waals surface area contributed by atoms with Crippen LogP contribution in [0.15, 0.2) is 0 Å². The second-order valence-corrected chi connectivity index (χ2v) is 6.95. The Bertz CT molecular complexity index is 280. The van der Waals surface area contributed by atoms with Crippen LogP contribution < -0.4 is 5.32 Å². The van der Waals surface area contributed by atoms with Gasteiger partial charge in [0.2, 0.25) is 0 Å². The Labute approximate surface area is 86.2 Å². The van der Waals surface area contributed by atoms with Gasteiger partial charge in [0.15, 0.2) is 9.84 Å². The highest BCUT2D eigenvalue weighted by Crippen LogP contribution is 2.27. The molecule has 2 rings (SSSR count). The molecule has 14 heavy (non-hydrogen) atoms. The third-order valence-corrected chi connectivity index (χ3v) is 5.23. The van der Waals surface area contributed by atoms with Crippen molar-refractivity contribution in [2.45, 2.75) is 25.7 Å². The zero-order valence-corrected chi connectivity index (χ0v) is 9.35. The molecule has 2 aliphatic rings. The summed E-state index contributed by atoms with van der Waals surface area (Å²) in [5.74, 6) is 2.05. The minimum atomic E-state index is -2.67. The van der Waals surface area contributed by atoms with E-state index in [0.29, 0.717) is 17.4 Å². The number of nitrogens with one attached hydrogen (secondary N) is 1. The van der Waals surface area contributed by atoms with Crippen LogP contribution in [0, 0.1) is 11.8 Å². The lowest BCUT2D eigenvalue weighted by atomic mass is 9.89. The van der Waals surface area contributed by atoms with Crippen molar-refractivity contribution in [3.05, 3.63) is 0 Å². The summed E-state index contributed by atoms with van der Waals surface area (Å²) < 4.78 is 22.5. The number of hydrogen-bond acceptors (Lipinski definition) is 3. The normalized spacial score (nSPS) is 37.1. The Morgan fingerprint density at radius 2 is 2.07 bits per heavy atom. The highest BCUT2D eigenvalue weighted by Gasteiger charge is 2.29. The lowest BCUT2D eigenvalue weighted by Gasteiger charge is -2.24. The van der Waals surface area contributed by atoms with Crippen LogP contribution in [0.25, 0.3) is 0 Å². The van der Waals surface area contributed by atoms with Crippen LogP contribution in [-0.2, 0) is 9.84 Å². The third-order valence-electron chi connectivity index (χ3n) is 3.39. The van der Waals surface area contributed by atoms with Crippen LogP contribution in [0.3, 0.4) is 0 Å². The molecule has 82 valence electrons. The summed E-state index contributed by atoms with van der Waals surface area (Å²) in [6.45, 7) is 2.23. The highest BCUT2D eigenvalue weighted by molar-refractivity contribution is 7.91. The van der Waals surface area contributed by atoms with Gasteiger partial charge >= 0.3 is 0 Å². The van der Waals surface area contributed by atoms with E-state index < -0.39 is 9.84 Å². The molecule has 0 aromatic heterocycles. The van der Waals surface area contributed by atoms with E-state index in [2.05, 4.69) is 5.32 Å². The monoisotopic (exact) mass is 217 g/mol. The first-order valence-corrected chi connectivity index (χ1v) is 7.39. The van der Waals surface area contributed by atoms with Gasteiger partial charge in [0.25, 0.3) is 0 Å². The van der Waals surface area contributed by atoms with Crippen molar-refractivity contribution in [2.75, 3.05) is 24.6 Å². The Morgan fingerprint density at radius 3 is 2.64 bits per heavy atom. The maximum Gasteiger partial charge on any atom is 0.150 e. The molecule has 4 heteroatoms. The van der Waals surface area contributed by atoms with Gasteiger partial charge in [-0.05, 0) is 50.6 Å². The van der Waals surface area contributed by atoms with E-state index in [9.17, 15) is 8.42 Å². The SMILES string of the molecule is O=S1(=O)CCC(CC2CCCNC2)C1. The number of hydrogen-bond donors (Lipinski definition) is 1. The molecule has 0 aliphatic carbocycles. The van der Waals surface area contributed by atoms with Gasteiger partial charge in [-0.1, -0.05) is 0 Å². The standard InChI is InChI=1S/C10H19NO2S/c12-14(13)5-3-10(8-14)6-9-2-1-4-11-7-9/h9-11H,1-8H2. The Hall–Kier alpha value is -0.0900. The van der Waals surface area contributed by atoms with Gasteiger partial charge in [0.1, 0.15) is 0 Å². The summed E-state index contributed by atoms with van der Waals surface area (Å²) in [5.41, 5.74) is 0. The van der Waals surface area contributed by atoms with Gasteiger partial charge in [-0.25, -0.2) is 8.42 Å². The molecule has 2 saturated heterocycles. The molecular weight excluding hydrogens is 198 g/mol. The summed E-state index contributed by atoms with van der Waals surface area (Å²) in [6.07, 6.45) is 4.55. The molecule has 2 unspecified atom stereocenters. The molecule has 1 N–H and O–H groups in total. The molecule has 2 fully saturated rings. The van der Waals surface area contributed by atoms with E-state index in [1.165, 1.54) is 12.8 Å². The van der Waals surface area contributed by atoms with Crippen molar-refractivity contribution in [3.63, 3.8) is 0 Å².